The smallest absolute Gasteiger partial charge is 0.227 e. The molecule has 2 saturated heterocycles. The highest BCUT2D eigenvalue weighted by Crippen LogP contribution is 2.24. The van der Waals surface area contributed by atoms with Gasteiger partial charge in [-0.05, 0) is 0 Å². The first-order chi connectivity index (χ1) is 9.34. The molecule has 3 N–H and O–H groups in total. The van der Waals surface area contributed by atoms with E-state index in [0.29, 0.717) is 5.69 Å². The Balaban J connectivity index is 1.82. The minimum atomic E-state index is 0.678. The van der Waals surface area contributed by atoms with E-state index < -0.39 is 0 Å². The average molecular weight is 280 g/mol. The Hall–Kier alpha value is -1.21. The molecule has 0 spiro atoms. The fourth-order valence-electron chi connectivity index (χ4n) is 2.42. The summed E-state index contributed by atoms with van der Waals surface area (Å²) in [5, 5.41) is 3.34. The molecule has 2 fully saturated rings. The maximum atomic E-state index is 6.04. The summed E-state index contributed by atoms with van der Waals surface area (Å²) < 4.78 is 0. The number of aromatic nitrogens is 2. The molecule has 1 aromatic heterocycles. The van der Waals surface area contributed by atoms with Gasteiger partial charge in [0.1, 0.15) is 0 Å². The van der Waals surface area contributed by atoms with Gasteiger partial charge in [0.25, 0.3) is 0 Å². The van der Waals surface area contributed by atoms with E-state index in [4.69, 9.17) is 10.7 Å². The van der Waals surface area contributed by atoms with Gasteiger partial charge in [0.2, 0.25) is 5.95 Å². The Morgan fingerprint density at radius 2 is 1.84 bits per heavy atom. The van der Waals surface area contributed by atoms with E-state index >= 15 is 0 Å². The van der Waals surface area contributed by atoms with Crippen LogP contribution in [0.3, 0.4) is 0 Å². The molecule has 3 rings (SSSR count). The predicted octanol–water partition coefficient (Wildman–Crippen LogP) is 0.0216. The van der Waals surface area contributed by atoms with Crippen molar-refractivity contribution >= 4 is 29.2 Å². The van der Waals surface area contributed by atoms with Crippen molar-refractivity contribution in [1.29, 1.82) is 0 Å². The molecular formula is C12H20N6S. The normalized spacial score (nSPS) is 20.6. The Labute approximate surface area is 117 Å². The summed E-state index contributed by atoms with van der Waals surface area (Å²) in [6.45, 7) is 5.93. The number of rotatable bonds is 2. The fraction of sp³-hybridized carbons (Fsp3) is 0.667. The second-order valence-corrected chi connectivity index (χ2v) is 6.01. The van der Waals surface area contributed by atoms with Gasteiger partial charge in [0, 0.05) is 50.8 Å². The van der Waals surface area contributed by atoms with Crippen molar-refractivity contribution in [1.82, 2.24) is 15.3 Å². The maximum absolute atomic E-state index is 6.04. The third-order valence-electron chi connectivity index (χ3n) is 3.49. The zero-order valence-corrected chi connectivity index (χ0v) is 11.8. The summed E-state index contributed by atoms with van der Waals surface area (Å²) in [5.41, 5.74) is 6.72. The lowest BCUT2D eigenvalue weighted by Crippen LogP contribution is -2.44. The molecule has 104 valence electrons. The number of thioether (sulfide) groups is 1. The van der Waals surface area contributed by atoms with Crippen LogP contribution >= 0.6 is 11.8 Å². The van der Waals surface area contributed by atoms with Gasteiger partial charge >= 0.3 is 0 Å². The van der Waals surface area contributed by atoms with Gasteiger partial charge in [-0.3, -0.25) is 0 Å². The standard InChI is InChI=1S/C12H20N6S/c13-10-9-15-12(18-5-7-19-8-6-18)16-11(10)17-3-1-14-2-4-17/h9,14H,1-8,13H2. The molecule has 7 heteroatoms. The zero-order valence-electron chi connectivity index (χ0n) is 11.0. The van der Waals surface area contributed by atoms with Crippen LogP contribution in [0.4, 0.5) is 17.5 Å². The van der Waals surface area contributed by atoms with E-state index in [0.717, 1.165) is 62.5 Å². The molecule has 2 aliphatic heterocycles. The largest absolute Gasteiger partial charge is 0.394 e. The Morgan fingerprint density at radius 3 is 2.58 bits per heavy atom. The van der Waals surface area contributed by atoms with Crippen LogP contribution in [0.5, 0.6) is 0 Å². The van der Waals surface area contributed by atoms with Crippen LogP contribution < -0.4 is 20.9 Å². The van der Waals surface area contributed by atoms with E-state index in [-0.39, 0.29) is 0 Å². The third kappa shape index (κ3) is 2.87. The van der Waals surface area contributed by atoms with E-state index in [2.05, 4.69) is 20.1 Å². The topological polar surface area (TPSA) is 70.3 Å². The number of nitrogens with one attached hydrogen (secondary N) is 1. The molecule has 1 aromatic rings. The van der Waals surface area contributed by atoms with E-state index in [1.54, 1.807) is 6.20 Å². The van der Waals surface area contributed by atoms with Crippen LogP contribution in [-0.2, 0) is 0 Å². The number of hydrogen-bond donors (Lipinski definition) is 2. The Morgan fingerprint density at radius 1 is 1.11 bits per heavy atom. The first-order valence-electron chi connectivity index (χ1n) is 6.75. The predicted molar refractivity (Wildman–Crippen MR) is 81.1 cm³/mol. The van der Waals surface area contributed by atoms with Crippen molar-refractivity contribution < 1.29 is 0 Å². The molecule has 0 saturated carbocycles. The summed E-state index contributed by atoms with van der Waals surface area (Å²) in [7, 11) is 0. The quantitative estimate of drug-likeness (QED) is 0.791. The molecule has 0 aliphatic carbocycles. The minimum absolute atomic E-state index is 0.678. The SMILES string of the molecule is Nc1cnc(N2CCSCC2)nc1N1CCNCC1. The van der Waals surface area contributed by atoms with Crippen LogP contribution in [0.1, 0.15) is 0 Å². The van der Waals surface area contributed by atoms with Crippen LogP contribution in [-0.4, -0.2) is 60.7 Å². The van der Waals surface area contributed by atoms with Crippen molar-refractivity contribution in [3.8, 4) is 0 Å². The number of hydrogen-bond acceptors (Lipinski definition) is 7. The van der Waals surface area contributed by atoms with Crippen LogP contribution in [0.2, 0.25) is 0 Å². The summed E-state index contributed by atoms with van der Waals surface area (Å²) in [6.07, 6.45) is 1.75. The lowest BCUT2D eigenvalue weighted by molar-refractivity contribution is 0.585. The molecule has 0 unspecified atom stereocenters. The van der Waals surface area contributed by atoms with Gasteiger partial charge in [-0.2, -0.15) is 16.7 Å². The van der Waals surface area contributed by atoms with Gasteiger partial charge in [0.05, 0.1) is 11.9 Å². The van der Waals surface area contributed by atoms with Crippen LogP contribution in [0.25, 0.3) is 0 Å². The molecule has 0 atom stereocenters. The number of anilines is 3. The molecule has 0 bridgehead atoms. The number of nitrogens with zero attached hydrogens (tertiary/aromatic N) is 4. The summed E-state index contributed by atoms with van der Waals surface area (Å²) in [5.74, 6) is 4.01. The lowest BCUT2D eigenvalue weighted by atomic mass is 10.3. The van der Waals surface area contributed by atoms with Crippen LogP contribution in [0.15, 0.2) is 6.20 Å². The highest BCUT2D eigenvalue weighted by molar-refractivity contribution is 7.99. The Kier molecular flexibility index (Phi) is 3.93. The monoisotopic (exact) mass is 280 g/mol. The molecule has 0 amide bonds. The maximum Gasteiger partial charge on any atom is 0.227 e. The van der Waals surface area contributed by atoms with Crippen molar-refractivity contribution in [3.05, 3.63) is 6.20 Å². The van der Waals surface area contributed by atoms with Crippen molar-refractivity contribution in [2.24, 2.45) is 0 Å². The van der Waals surface area contributed by atoms with Crippen molar-refractivity contribution in [3.63, 3.8) is 0 Å². The highest BCUT2D eigenvalue weighted by atomic mass is 32.2. The molecule has 2 aliphatic rings. The number of nitrogens with two attached hydrogens (primary N) is 1. The second-order valence-electron chi connectivity index (χ2n) is 4.79. The highest BCUT2D eigenvalue weighted by Gasteiger charge is 2.19. The molecule has 0 aromatic carbocycles. The summed E-state index contributed by atoms with van der Waals surface area (Å²) in [4.78, 5) is 13.6. The van der Waals surface area contributed by atoms with Gasteiger partial charge in [0.15, 0.2) is 5.82 Å². The lowest BCUT2D eigenvalue weighted by Gasteiger charge is -2.31. The van der Waals surface area contributed by atoms with Gasteiger partial charge in [-0.15, -0.1) is 0 Å². The zero-order chi connectivity index (χ0) is 13.1. The first kappa shape index (κ1) is 12.8. The van der Waals surface area contributed by atoms with E-state index in [1.165, 1.54) is 0 Å². The first-order valence-corrected chi connectivity index (χ1v) is 7.91. The summed E-state index contributed by atoms with van der Waals surface area (Å²) in [6, 6.07) is 0. The molecule has 19 heavy (non-hydrogen) atoms. The van der Waals surface area contributed by atoms with Crippen molar-refractivity contribution in [2.75, 3.05) is 66.3 Å². The van der Waals surface area contributed by atoms with Gasteiger partial charge in [-0.25, -0.2) is 4.98 Å². The Bertz CT molecular complexity index is 428. The number of piperazine rings is 1. The van der Waals surface area contributed by atoms with E-state index in [9.17, 15) is 0 Å². The summed E-state index contributed by atoms with van der Waals surface area (Å²) >= 11 is 1.99. The molecule has 0 radical (unpaired) electrons. The fourth-order valence-corrected chi connectivity index (χ4v) is 3.32. The molecule has 6 nitrogen and oxygen atoms in total. The van der Waals surface area contributed by atoms with E-state index in [1.807, 2.05) is 11.8 Å². The number of nitrogen functional groups attached to an aromatic ring is 1. The van der Waals surface area contributed by atoms with Crippen LogP contribution in [0, 0.1) is 0 Å². The van der Waals surface area contributed by atoms with Gasteiger partial charge < -0.3 is 20.9 Å². The van der Waals surface area contributed by atoms with Crippen molar-refractivity contribution in [2.45, 2.75) is 0 Å². The molecular weight excluding hydrogens is 260 g/mol. The third-order valence-corrected chi connectivity index (χ3v) is 4.44. The minimum Gasteiger partial charge on any atom is -0.394 e. The average Bonchev–Trinajstić information content (AvgIpc) is 2.49. The second kappa shape index (κ2) is 5.83. The van der Waals surface area contributed by atoms with Gasteiger partial charge in [-0.1, -0.05) is 0 Å². The molecule has 3 heterocycles.